The first-order valence-corrected chi connectivity index (χ1v) is 30.2. The third-order valence-electron chi connectivity index (χ3n) is 15.8. The van der Waals surface area contributed by atoms with Gasteiger partial charge < -0.3 is 60.3 Å². The summed E-state index contributed by atoms with van der Waals surface area (Å²) in [5, 5.41) is 10.9. The molecular weight excluding hydrogens is 1080 g/mol. The van der Waals surface area contributed by atoms with E-state index in [1.165, 1.54) is 87.7 Å². The highest BCUT2D eigenvalue weighted by atomic mass is 16.5. The van der Waals surface area contributed by atoms with Crippen LogP contribution in [0.25, 0.3) is 0 Å². The molecule has 9 atom stereocenters. The van der Waals surface area contributed by atoms with Crippen molar-refractivity contribution in [1.29, 1.82) is 0 Å². The van der Waals surface area contributed by atoms with E-state index < -0.39 is 143 Å². The molecule has 0 saturated carbocycles. The molecule has 0 aliphatic carbocycles. The normalized spacial score (nSPS) is 25.4. The van der Waals surface area contributed by atoms with Gasteiger partial charge in [-0.2, -0.15) is 0 Å². The Morgan fingerprint density at radius 2 is 0.964 bits per heavy atom. The summed E-state index contributed by atoms with van der Waals surface area (Å²) in [7, 11) is 9.76. The molecule has 0 bridgehead atoms. The van der Waals surface area contributed by atoms with Crippen LogP contribution in [0.5, 0.6) is 0 Å². The van der Waals surface area contributed by atoms with Crippen molar-refractivity contribution in [2.75, 3.05) is 82.1 Å². The van der Waals surface area contributed by atoms with Crippen LogP contribution in [0.3, 0.4) is 0 Å². The molecule has 12 amide bonds. The zero-order valence-corrected chi connectivity index (χ0v) is 55.6. The standard InChI is InChI=1S/C60H110N12O12/c1-25-42-54(78)65(18)34-47(73)66(19)46(33-60(16,17)84-29-28-72(26-2)27-3)52(76)64-48(38(10)11)57(81)67(20)43(30-35(4)5)51(75)61-40(14)50(74)62-41(15)53(77)68(21)44(31-36(6)7)55(79)69(22)45(32-37(8)9)56(80)70(23)49(39(12)13)58(82)71(24)59(83)63-42/h35-46,48-49H,25-34H2,1-24H3,(H,61,75)(H,62,74)(H,63,83)(H,64,76)/t40-,41+,42-,43-,44-,45-,46+,48-,49-/m1/s1. The molecule has 0 unspecified atom stereocenters. The Morgan fingerprint density at radius 1 is 0.512 bits per heavy atom. The minimum Gasteiger partial charge on any atom is -0.374 e. The average molecular weight is 1190 g/mol. The number of amides is 12. The Balaban J connectivity index is 4.19. The summed E-state index contributed by atoms with van der Waals surface area (Å²) in [6.45, 7) is 32.2. The highest BCUT2D eigenvalue weighted by Gasteiger charge is 2.44. The van der Waals surface area contributed by atoms with E-state index in [0.717, 1.165) is 22.9 Å². The Hall–Kier alpha value is -5.91. The topological polar surface area (TPSA) is 271 Å². The summed E-state index contributed by atoms with van der Waals surface area (Å²) < 4.78 is 6.35. The first kappa shape index (κ1) is 76.1. The molecule has 0 aromatic rings. The number of carbonyl (C=O) groups is 11. The van der Waals surface area contributed by atoms with Gasteiger partial charge in [0.1, 0.15) is 54.4 Å². The molecule has 1 saturated heterocycles. The van der Waals surface area contributed by atoms with Gasteiger partial charge in [-0.3, -0.25) is 52.8 Å². The fourth-order valence-electron chi connectivity index (χ4n) is 10.3. The van der Waals surface area contributed by atoms with E-state index >= 15 is 0 Å². The number of nitrogens with zero attached hydrogens (tertiary/aromatic N) is 8. The number of ether oxygens (including phenoxy) is 1. The van der Waals surface area contributed by atoms with Crippen LogP contribution < -0.4 is 21.3 Å². The van der Waals surface area contributed by atoms with Gasteiger partial charge in [-0.05, 0) is 96.1 Å². The van der Waals surface area contributed by atoms with E-state index in [4.69, 9.17) is 4.74 Å². The molecule has 0 radical (unpaired) electrons. The van der Waals surface area contributed by atoms with Gasteiger partial charge in [0.05, 0.1) is 18.8 Å². The van der Waals surface area contributed by atoms with Crippen molar-refractivity contribution in [3.8, 4) is 0 Å². The van der Waals surface area contributed by atoms with Gasteiger partial charge in [0, 0.05) is 62.3 Å². The third-order valence-corrected chi connectivity index (χ3v) is 15.8. The lowest BCUT2D eigenvalue weighted by Crippen LogP contribution is -2.62. The molecule has 1 heterocycles. The first-order chi connectivity index (χ1) is 38.7. The van der Waals surface area contributed by atoms with E-state index in [2.05, 4.69) is 26.2 Å². The molecule has 84 heavy (non-hydrogen) atoms. The number of hydrogen-bond donors (Lipinski definition) is 4. The van der Waals surface area contributed by atoms with Crippen LogP contribution in [0.1, 0.15) is 150 Å². The van der Waals surface area contributed by atoms with E-state index in [1.807, 2.05) is 55.4 Å². The van der Waals surface area contributed by atoms with Crippen molar-refractivity contribution in [1.82, 2.24) is 60.5 Å². The molecule has 0 aromatic carbocycles. The quantitative estimate of drug-likeness (QED) is 0.163. The lowest BCUT2D eigenvalue weighted by Gasteiger charge is -2.40. The maximum absolute atomic E-state index is 14.8. The summed E-state index contributed by atoms with van der Waals surface area (Å²) in [5.74, 6) is -8.20. The summed E-state index contributed by atoms with van der Waals surface area (Å²) in [6.07, 6.45) is 0.471. The predicted octanol–water partition coefficient (Wildman–Crippen LogP) is 3.01. The molecule has 1 fully saturated rings. The third kappa shape index (κ3) is 21.9. The highest BCUT2D eigenvalue weighted by Crippen LogP contribution is 2.25. The van der Waals surface area contributed by atoms with Crippen LogP contribution in [0.15, 0.2) is 0 Å². The van der Waals surface area contributed by atoms with Gasteiger partial charge in [0.25, 0.3) is 5.91 Å². The van der Waals surface area contributed by atoms with Crippen LogP contribution in [-0.2, 0) is 52.7 Å². The summed E-state index contributed by atoms with van der Waals surface area (Å²) in [6, 6.07) is -11.8. The maximum Gasteiger partial charge on any atom is 0.324 e. The molecule has 24 nitrogen and oxygen atoms in total. The lowest BCUT2D eigenvalue weighted by molar-refractivity contribution is -0.154. The average Bonchev–Trinajstić information content (AvgIpc) is 3.56. The monoisotopic (exact) mass is 1190 g/mol. The van der Waals surface area contributed by atoms with Gasteiger partial charge in [-0.1, -0.05) is 90.0 Å². The molecule has 1 aliphatic rings. The summed E-state index contributed by atoms with van der Waals surface area (Å²) >= 11 is 0. The zero-order chi connectivity index (χ0) is 65.2. The number of hydrogen-bond acceptors (Lipinski definition) is 13. The minimum absolute atomic E-state index is 0.0399. The fraction of sp³-hybridized carbons (Fsp3) is 0.817. The second-order valence-electron chi connectivity index (χ2n) is 25.5. The molecule has 0 spiro atoms. The maximum atomic E-state index is 14.8. The lowest BCUT2D eigenvalue weighted by atomic mass is 9.95. The fourth-order valence-corrected chi connectivity index (χ4v) is 10.3. The minimum atomic E-state index is -1.27. The van der Waals surface area contributed by atoms with Crippen LogP contribution in [-0.4, -0.2) is 246 Å². The van der Waals surface area contributed by atoms with E-state index in [9.17, 15) is 52.7 Å². The van der Waals surface area contributed by atoms with Crippen LogP contribution in [0, 0.1) is 29.6 Å². The number of rotatable bonds is 17. The zero-order valence-electron chi connectivity index (χ0n) is 55.6. The van der Waals surface area contributed by atoms with Crippen molar-refractivity contribution < 1.29 is 57.5 Å². The van der Waals surface area contributed by atoms with Crippen LogP contribution in [0.2, 0.25) is 0 Å². The molecule has 24 heteroatoms. The predicted molar refractivity (Wildman–Crippen MR) is 323 cm³/mol. The van der Waals surface area contributed by atoms with Gasteiger partial charge in [0.15, 0.2) is 0 Å². The Morgan fingerprint density at radius 3 is 1.43 bits per heavy atom. The number of carbonyl (C=O) groups excluding carboxylic acids is 11. The van der Waals surface area contributed by atoms with E-state index in [-0.39, 0.29) is 49.9 Å². The van der Waals surface area contributed by atoms with Crippen molar-refractivity contribution in [2.45, 2.75) is 210 Å². The van der Waals surface area contributed by atoms with Crippen molar-refractivity contribution >= 4 is 65.1 Å². The highest BCUT2D eigenvalue weighted by molar-refractivity contribution is 6.02. The van der Waals surface area contributed by atoms with Crippen molar-refractivity contribution in [3.63, 3.8) is 0 Å². The number of likely N-dealkylation sites (N-methyl/N-ethyl adjacent to an activating group) is 8. The Kier molecular flexibility index (Phi) is 31.1. The van der Waals surface area contributed by atoms with Gasteiger partial charge >= 0.3 is 6.03 Å². The first-order valence-electron chi connectivity index (χ1n) is 30.2. The largest absolute Gasteiger partial charge is 0.374 e. The van der Waals surface area contributed by atoms with Crippen molar-refractivity contribution in [3.05, 3.63) is 0 Å². The molecule has 4 N–H and O–H groups in total. The SMILES string of the molecule is CC[C@H]1NC(=O)N(C)C(=O)[C@@H](C(C)C)N(C)C(=O)[C@@H](CC(C)C)N(C)C(=O)[C@@H](CC(C)C)N(C)C(=O)[C@H](C)NC(=O)[C@@H](C)NC(=O)[C@@H](CC(C)C)N(C)C(=O)[C@@H](C(C)C)NC(=O)[C@H](CC(C)(C)OCCN(CC)CC)N(C)C(=O)CN(C)C1=O. The van der Waals surface area contributed by atoms with Gasteiger partial charge in [0.2, 0.25) is 53.2 Å². The molecule has 1 aliphatic heterocycles. The van der Waals surface area contributed by atoms with Crippen molar-refractivity contribution in [2.24, 2.45) is 29.6 Å². The van der Waals surface area contributed by atoms with Crippen LogP contribution in [0.4, 0.5) is 4.79 Å². The summed E-state index contributed by atoms with van der Waals surface area (Å²) in [4.78, 5) is 169. The van der Waals surface area contributed by atoms with E-state index in [0.29, 0.717) is 13.2 Å². The summed E-state index contributed by atoms with van der Waals surface area (Å²) in [5.41, 5.74) is -1.02. The second kappa shape index (κ2) is 34.3. The van der Waals surface area contributed by atoms with Gasteiger partial charge in [-0.25, -0.2) is 4.79 Å². The number of imide groups is 1. The number of nitrogens with one attached hydrogen (secondary N) is 4. The number of urea groups is 1. The van der Waals surface area contributed by atoms with Gasteiger partial charge in [-0.15, -0.1) is 0 Å². The molecule has 1 rings (SSSR count). The Bertz CT molecular complexity index is 2260. The second-order valence-corrected chi connectivity index (χ2v) is 25.5. The molecule has 0 aromatic heterocycles. The van der Waals surface area contributed by atoms with E-state index in [1.54, 1.807) is 48.5 Å². The van der Waals surface area contributed by atoms with Crippen LogP contribution >= 0.6 is 0 Å². The smallest absolute Gasteiger partial charge is 0.324 e. The Labute approximate surface area is 502 Å². The molecular formula is C60H110N12O12. The molecule has 482 valence electrons.